The molecule has 4 aliphatic carbocycles. The number of carbonyl (C=O) groups is 2. The summed E-state index contributed by atoms with van der Waals surface area (Å²) in [6, 6.07) is 0. The van der Waals surface area contributed by atoms with Crippen molar-refractivity contribution in [2.75, 3.05) is 6.61 Å². The second-order valence-electron chi connectivity index (χ2n) is 9.33. The van der Waals surface area contributed by atoms with Crippen molar-refractivity contribution in [3.05, 3.63) is 35.5 Å². The maximum Gasteiger partial charge on any atom is 0.190 e. The number of ketones is 2. The van der Waals surface area contributed by atoms with Crippen LogP contribution in [0.4, 0.5) is 0 Å². The van der Waals surface area contributed by atoms with E-state index in [1.807, 2.05) is 19.9 Å². The molecule has 2 saturated carbocycles. The predicted molar refractivity (Wildman–Crippen MR) is 103 cm³/mol. The summed E-state index contributed by atoms with van der Waals surface area (Å²) in [7, 11) is 0. The third kappa shape index (κ3) is 2.23. The molecule has 0 radical (unpaired) electrons. The first-order chi connectivity index (χ1) is 12.7. The van der Waals surface area contributed by atoms with E-state index in [-0.39, 0.29) is 23.0 Å². The van der Waals surface area contributed by atoms with Crippen molar-refractivity contribution in [2.45, 2.75) is 58.5 Å². The number of allylic oxidation sites excluding steroid dienone is 6. The lowest BCUT2D eigenvalue weighted by atomic mass is 9.51. The van der Waals surface area contributed by atoms with Crippen LogP contribution in [0.15, 0.2) is 35.5 Å². The number of hydrogen-bond donors (Lipinski definition) is 2. The van der Waals surface area contributed by atoms with E-state index >= 15 is 0 Å². The van der Waals surface area contributed by atoms with Gasteiger partial charge in [-0.2, -0.15) is 0 Å². The van der Waals surface area contributed by atoms with Gasteiger partial charge in [0.05, 0.1) is 0 Å². The number of rotatable bonds is 3. The van der Waals surface area contributed by atoms with Crippen molar-refractivity contribution in [1.82, 2.24) is 0 Å². The van der Waals surface area contributed by atoms with Crippen molar-refractivity contribution in [3.63, 3.8) is 0 Å². The molecule has 4 aliphatic rings. The number of carbonyl (C=O) groups excluding carboxylic acids is 2. The van der Waals surface area contributed by atoms with Crippen molar-refractivity contribution in [1.29, 1.82) is 0 Å². The fourth-order valence-electron chi connectivity index (χ4n) is 6.82. The molecule has 2 fully saturated rings. The topological polar surface area (TPSA) is 74.6 Å². The number of aliphatic hydroxyl groups excluding tert-OH is 1. The normalized spacial score (nSPS) is 45.5. The molecule has 0 aromatic rings. The molecule has 146 valence electrons. The van der Waals surface area contributed by atoms with Gasteiger partial charge in [-0.3, -0.25) is 9.59 Å². The van der Waals surface area contributed by atoms with E-state index in [2.05, 4.69) is 13.0 Å². The Morgan fingerprint density at radius 1 is 1.33 bits per heavy atom. The summed E-state index contributed by atoms with van der Waals surface area (Å²) in [5, 5.41) is 21.1. The van der Waals surface area contributed by atoms with E-state index in [9.17, 15) is 19.8 Å². The molecule has 0 aromatic heterocycles. The van der Waals surface area contributed by atoms with Gasteiger partial charge in [0.1, 0.15) is 12.2 Å². The highest BCUT2D eigenvalue weighted by molar-refractivity contribution is 6.01. The second-order valence-corrected chi connectivity index (χ2v) is 9.33. The van der Waals surface area contributed by atoms with Gasteiger partial charge in [-0.05, 0) is 62.5 Å². The number of aliphatic hydroxyl groups is 2. The molecule has 2 N–H and O–H groups in total. The highest BCUT2D eigenvalue weighted by atomic mass is 16.3. The molecule has 0 saturated heterocycles. The molecule has 0 aliphatic heterocycles. The van der Waals surface area contributed by atoms with Crippen LogP contribution in [0, 0.1) is 28.6 Å². The minimum Gasteiger partial charge on any atom is -0.388 e. The van der Waals surface area contributed by atoms with Crippen molar-refractivity contribution in [2.24, 2.45) is 28.6 Å². The number of hydrogen-bond acceptors (Lipinski definition) is 4. The molecule has 4 rings (SSSR count). The summed E-state index contributed by atoms with van der Waals surface area (Å²) in [6.45, 7) is 5.65. The van der Waals surface area contributed by atoms with Gasteiger partial charge in [0.15, 0.2) is 11.6 Å². The van der Waals surface area contributed by atoms with Gasteiger partial charge < -0.3 is 10.2 Å². The lowest BCUT2D eigenvalue weighted by molar-refractivity contribution is -0.162. The largest absolute Gasteiger partial charge is 0.388 e. The van der Waals surface area contributed by atoms with Crippen LogP contribution >= 0.6 is 0 Å². The van der Waals surface area contributed by atoms with Crippen LogP contribution in [-0.2, 0) is 9.59 Å². The fourth-order valence-corrected chi connectivity index (χ4v) is 6.82. The Hall–Kier alpha value is -1.52. The van der Waals surface area contributed by atoms with Gasteiger partial charge in [0.2, 0.25) is 0 Å². The lowest BCUT2D eigenvalue weighted by Crippen LogP contribution is -2.57. The molecular formula is C23H30O4. The first-order valence-electron chi connectivity index (χ1n) is 10.2. The number of Topliss-reactive ketones (excluding diaryl/α,β-unsaturated/α-hetero) is 1. The summed E-state index contributed by atoms with van der Waals surface area (Å²) >= 11 is 0. The highest BCUT2D eigenvalue weighted by Gasteiger charge is 2.67. The monoisotopic (exact) mass is 370 g/mol. The molecule has 4 nitrogen and oxygen atoms in total. The van der Waals surface area contributed by atoms with E-state index in [0.717, 1.165) is 25.7 Å². The molecule has 0 bridgehead atoms. The Morgan fingerprint density at radius 2 is 2.07 bits per heavy atom. The first-order valence-corrected chi connectivity index (χ1v) is 10.2. The fraction of sp³-hybridized carbons (Fsp3) is 0.652. The van der Waals surface area contributed by atoms with E-state index in [0.29, 0.717) is 12.3 Å². The van der Waals surface area contributed by atoms with E-state index in [1.54, 1.807) is 12.2 Å². The summed E-state index contributed by atoms with van der Waals surface area (Å²) in [5.74, 6) is 0.0396. The van der Waals surface area contributed by atoms with Crippen LogP contribution in [-0.4, -0.2) is 34.0 Å². The third-order valence-electron chi connectivity index (χ3n) is 8.40. The summed E-state index contributed by atoms with van der Waals surface area (Å²) < 4.78 is 0. The standard InChI is InChI=1S/C23H30O4/c1-4-14-12-19-17-6-5-15-11-16(25)7-9-21(15,2)18(17)8-10-22(19,3)23(14,27)20(26)13-24/h7-9,11,14,17,19,24,27H,4-6,10,12-13H2,1-3H3/t14?,17?,19?,21-,22-,23-/m0/s1. The van der Waals surface area contributed by atoms with Gasteiger partial charge >= 0.3 is 0 Å². The molecular weight excluding hydrogens is 340 g/mol. The SMILES string of the molecule is CCC1CC2C3CCC4=CC(=O)C=C[C@]4(C)C3=CC[C@]2(C)[C@@]1(O)C(=O)CO. The van der Waals surface area contributed by atoms with Gasteiger partial charge in [0.25, 0.3) is 0 Å². The molecule has 0 aromatic carbocycles. The quantitative estimate of drug-likeness (QED) is 0.749. The summed E-state index contributed by atoms with van der Waals surface area (Å²) in [5.41, 5.74) is 0.308. The maximum atomic E-state index is 12.7. The highest BCUT2D eigenvalue weighted by Crippen LogP contribution is 2.66. The lowest BCUT2D eigenvalue weighted by Gasteiger charge is -2.53. The van der Waals surface area contributed by atoms with Gasteiger partial charge in [0, 0.05) is 10.8 Å². The molecule has 0 heterocycles. The molecule has 0 spiro atoms. The molecule has 3 unspecified atom stereocenters. The van der Waals surface area contributed by atoms with Gasteiger partial charge in [-0.1, -0.05) is 43.6 Å². The Labute approximate surface area is 161 Å². The van der Waals surface area contributed by atoms with Crippen LogP contribution in [0.2, 0.25) is 0 Å². The zero-order valence-electron chi connectivity index (χ0n) is 16.5. The molecule has 6 atom stereocenters. The van der Waals surface area contributed by atoms with E-state index in [1.165, 1.54) is 11.1 Å². The average molecular weight is 370 g/mol. The molecule has 27 heavy (non-hydrogen) atoms. The third-order valence-corrected chi connectivity index (χ3v) is 8.40. The summed E-state index contributed by atoms with van der Waals surface area (Å²) in [6.07, 6.45) is 11.7. The first kappa shape index (κ1) is 18.8. The zero-order valence-corrected chi connectivity index (χ0v) is 16.5. The second kappa shape index (κ2) is 5.99. The van der Waals surface area contributed by atoms with Crippen LogP contribution in [0.3, 0.4) is 0 Å². The Balaban J connectivity index is 1.80. The smallest absolute Gasteiger partial charge is 0.190 e. The van der Waals surface area contributed by atoms with Crippen molar-refractivity contribution in [3.8, 4) is 0 Å². The summed E-state index contributed by atoms with van der Waals surface area (Å²) in [4.78, 5) is 24.5. The minimum atomic E-state index is -1.46. The Bertz CT molecular complexity index is 790. The van der Waals surface area contributed by atoms with Crippen molar-refractivity contribution < 1.29 is 19.8 Å². The maximum absolute atomic E-state index is 12.7. The Kier molecular flexibility index (Phi) is 4.17. The van der Waals surface area contributed by atoms with E-state index < -0.39 is 23.4 Å². The zero-order chi connectivity index (χ0) is 19.6. The minimum absolute atomic E-state index is 0.0667. The Morgan fingerprint density at radius 3 is 2.74 bits per heavy atom. The van der Waals surface area contributed by atoms with Crippen LogP contribution in [0.1, 0.15) is 52.9 Å². The molecule has 0 amide bonds. The predicted octanol–water partition coefficient (Wildman–Crippen LogP) is 3.14. The number of fused-ring (bicyclic) bond motifs is 5. The van der Waals surface area contributed by atoms with Crippen molar-refractivity contribution >= 4 is 11.6 Å². The van der Waals surface area contributed by atoms with Crippen LogP contribution in [0.25, 0.3) is 0 Å². The van der Waals surface area contributed by atoms with Gasteiger partial charge in [-0.25, -0.2) is 0 Å². The van der Waals surface area contributed by atoms with Gasteiger partial charge in [-0.15, -0.1) is 0 Å². The van der Waals surface area contributed by atoms with E-state index in [4.69, 9.17) is 0 Å². The molecule has 4 heteroatoms. The van der Waals surface area contributed by atoms with Crippen LogP contribution in [0.5, 0.6) is 0 Å². The average Bonchev–Trinajstić information content (AvgIpc) is 2.90. The van der Waals surface area contributed by atoms with Crippen LogP contribution < -0.4 is 0 Å².